The van der Waals surface area contributed by atoms with E-state index in [2.05, 4.69) is 0 Å². The second-order valence-electron chi connectivity index (χ2n) is 4.58. The van der Waals surface area contributed by atoms with E-state index in [0.717, 1.165) is 5.56 Å². The van der Waals surface area contributed by atoms with E-state index in [-0.39, 0.29) is 11.6 Å². The predicted octanol–water partition coefficient (Wildman–Crippen LogP) is 3.32. The number of ketones is 2. The average Bonchev–Trinajstić information content (AvgIpc) is 2.46. The minimum absolute atomic E-state index is 0.0855. The molecule has 0 heterocycles. The Morgan fingerprint density at radius 2 is 1.42 bits per heavy atom. The second-order valence-corrected chi connectivity index (χ2v) is 4.58. The standard InChI is InChI=1S/C17H16O2/c1-13(18)16(12-14-8-4-2-5-9-14)17(19)15-10-6-3-7-11-15/h2-11,16H,12H2,1H3/t16-/m1/s1. The first-order valence-electron chi connectivity index (χ1n) is 6.32. The molecule has 0 saturated carbocycles. The Kier molecular flexibility index (Phi) is 4.24. The maximum Gasteiger partial charge on any atom is 0.173 e. The van der Waals surface area contributed by atoms with Gasteiger partial charge in [0, 0.05) is 5.56 Å². The Morgan fingerprint density at radius 1 is 0.895 bits per heavy atom. The Balaban J connectivity index is 2.22. The molecule has 19 heavy (non-hydrogen) atoms. The number of carbonyl (C=O) groups is 2. The van der Waals surface area contributed by atoms with Crippen LogP contribution in [0.2, 0.25) is 0 Å². The molecule has 0 saturated heterocycles. The van der Waals surface area contributed by atoms with Crippen LogP contribution in [0, 0.1) is 5.92 Å². The minimum atomic E-state index is -0.593. The summed E-state index contributed by atoms with van der Waals surface area (Å²) < 4.78 is 0. The van der Waals surface area contributed by atoms with Gasteiger partial charge in [-0.2, -0.15) is 0 Å². The van der Waals surface area contributed by atoms with Crippen LogP contribution in [0.1, 0.15) is 22.8 Å². The topological polar surface area (TPSA) is 34.1 Å². The molecule has 0 fully saturated rings. The molecule has 0 aliphatic rings. The van der Waals surface area contributed by atoms with Crippen molar-refractivity contribution in [1.82, 2.24) is 0 Å². The van der Waals surface area contributed by atoms with Crippen LogP contribution in [0.4, 0.5) is 0 Å². The van der Waals surface area contributed by atoms with Crippen molar-refractivity contribution in [3.8, 4) is 0 Å². The molecule has 0 unspecified atom stereocenters. The van der Waals surface area contributed by atoms with Gasteiger partial charge in [0.1, 0.15) is 5.78 Å². The van der Waals surface area contributed by atoms with Crippen molar-refractivity contribution < 1.29 is 9.59 Å². The van der Waals surface area contributed by atoms with Gasteiger partial charge in [-0.15, -0.1) is 0 Å². The van der Waals surface area contributed by atoms with E-state index in [9.17, 15) is 9.59 Å². The van der Waals surface area contributed by atoms with E-state index >= 15 is 0 Å². The van der Waals surface area contributed by atoms with E-state index in [4.69, 9.17) is 0 Å². The monoisotopic (exact) mass is 252 g/mol. The van der Waals surface area contributed by atoms with E-state index in [1.54, 1.807) is 12.1 Å². The van der Waals surface area contributed by atoms with Crippen molar-refractivity contribution in [1.29, 1.82) is 0 Å². The number of benzene rings is 2. The molecule has 0 N–H and O–H groups in total. The van der Waals surface area contributed by atoms with Gasteiger partial charge < -0.3 is 0 Å². The van der Waals surface area contributed by atoms with Crippen LogP contribution >= 0.6 is 0 Å². The number of Topliss-reactive ketones (excluding diaryl/α,β-unsaturated/α-hetero) is 2. The van der Waals surface area contributed by atoms with Crippen molar-refractivity contribution in [2.75, 3.05) is 0 Å². The summed E-state index contributed by atoms with van der Waals surface area (Å²) in [5.74, 6) is -0.778. The van der Waals surface area contributed by atoms with Crippen LogP contribution in [0.3, 0.4) is 0 Å². The summed E-state index contributed by atoms with van der Waals surface area (Å²) in [5, 5.41) is 0. The zero-order chi connectivity index (χ0) is 13.7. The van der Waals surface area contributed by atoms with E-state index in [1.165, 1.54) is 6.92 Å². The average molecular weight is 252 g/mol. The summed E-state index contributed by atoms with van der Waals surface area (Å²) in [6, 6.07) is 18.6. The highest BCUT2D eigenvalue weighted by Crippen LogP contribution is 2.16. The molecule has 0 aromatic heterocycles. The van der Waals surface area contributed by atoms with Crippen LogP contribution in [0.5, 0.6) is 0 Å². The third-order valence-electron chi connectivity index (χ3n) is 3.15. The van der Waals surface area contributed by atoms with Gasteiger partial charge in [0.25, 0.3) is 0 Å². The zero-order valence-electron chi connectivity index (χ0n) is 10.9. The highest BCUT2D eigenvalue weighted by molar-refractivity contribution is 6.10. The fraction of sp³-hybridized carbons (Fsp3) is 0.176. The molecule has 0 aliphatic carbocycles. The maximum atomic E-state index is 12.4. The number of carbonyl (C=O) groups excluding carboxylic acids is 2. The summed E-state index contributed by atoms with van der Waals surface area (Å²) in [6.45, 7) is 1.48. The van der Waals surface area contributed by atoms with Gasteiger partial charge in [-0.3, -0.25) is 9.59 Å². The molecule has 96 valence electrons. The fourth-order valence-corrected chi connectivity index (χ4v) is 2.07. The fourth-order valence-electron chi connectivity index (χ4n) is 2.07. The predicted molar refractivity (Wildman–Crippen MR) is 75.1 cm³/mol. The summed E-state index contributed by atoms with van der Waals surface area (Å²) >= 11 is 0. The maximum absolute atomic E-state index is 12.4. The molecular formula is C17H16O2. The van der Waals surface area contributed by atoms with Gasteiger partial charge in [0.15, 0.2) is 5.78 Å². The molecule has 0 spiro atoms. The summed E-state index contributed by atoms with van der Waals surface area (Å²) in [5.41, 5.74) is 1.60. The van der Waals surface area contributed by atoms with Crippen LogP contribution in [0.25, 0.3) is 0 Å². The lowest BCUT2D eigenvalue weighted by Gasteiger charge is -2.12. The van der Waals surface area contributed by atoms with Gasteiger partial charge in [-0.1, -0.05) is 60.7 Å². The van der Waals surface area contributed by atoms with Gasteiger partial charge >= 0.3 is 0 Å². The number of rotatable bonds is 5. The zero-order valence-corrected chi connectivity index (χ0v) is 10.9. The third kappa shape index (κ3) is 3.38. The molecule has 2 nitrogen and oxygen atoms in total. The molecule has 2 aromatic carbocycles. The van der Waals surface area contributed by atoms with Crippen LogP contribution in [-0.4, -0.2) is 11.6 Å². The molecule has 0 bridgehead atoms. The molecule has 0 aliphatic heterocycles. The van der Waals surface area contributed by atoms with E-state index in [0.29, 0.717) is 12.0 Å². The molecule has 0 amide bonds. The first-order chi connectivity index (χ1) is 9.18. The first kappa shape index (κ1) is 13.2. The highest BCUT2D eigenvalue weighted by Gasteiger charge is 2.24. The smallest absolute Gasteiger partial charge is 0.173 e. The van der Waals surface area contributed by atoms with Crippen molar-refractivity contribution in [3.63, 3.8) is 0 Å². The molecule has 2 heteroatoms. The Labute approximate surface area is 113 Å². The number of hydrogen-bond donors (Lipinski definition) is 0. The lowest BCUT2D eigenvalue weighted by molar-refractivity contribution is -0.119. The molecule has 1 atom stereocenters. The van der Waals surface area contributed by atoms with Crippen molar-refractivity contribution >= 4 is 11.6 Å². The summed E-state index contributed by atoms with van der Waals surface area (Å²) in [6.07, 6.45) is 0.462. The lowest BCUT2D eigenvalue weighted by Crippen LogP contribution is -2.24. The van der Waals surface area contributed by atoms with Crippen LogP contribution < -0.4 is 0 Å². The van der Waals surface area contributed by atoms with E-state index < -0.39 is 5.92 Å². The first-order valence-corrected chi connectivity index (χ1v) is 6.32. The largest absolute Gasteiger partial charge is 0.299 e. The van der Waals surface area contributed by atoms with E-state index in [1.807, 2.05) is 48.5 Å². The van der Waals surface area contributed by atoms with Crippen molar-refractivity contribution in [2.45, 2.75) is 13.3 Å². The molecule has 0 radical (unpaired) electrons. The molecule has 2 rings (SSSR count). The Morgan fingerprint density at radius 3 is 1.95 bits per heavy atom. The summed E-state index contributed by atoms with van der Waals surface area (Å²) in [7, 11) is 0. The molecule has 2 aromatic rings. The highest BCUT2D eigenvalue weighted by atomic mass is 16.1. The van der Waals surface area contributed by atoms with Crippen LogP contribution in [-0.2, 0) is 11.2 Å². The Hall–Kier alpha value is -2.22. The Bertz CT molecular complexity index is 558. The normalized spacial score (nSPS) is 11.8. The third-order valence-corrected chi connectivity index (χ3v) is 3.15. The van der Waals surface area contributed by atoms with Gasteiger partial charge in [0.2, 0.25) is 0 Å². The number of hydrogen-bond acceptors (Lipinski definition) is 2. The SMILES string of the molecule is CC(=O)[C@@H](Cc1ccccc1)C(=O)c1ccccc1. The molecular weight excluding hydrogens is 236 g/mol. The van der Waals surface area contributed by atoms with Gasteiger partial charge in [0.05, 0.1) is 5.92 Å². The van der Waals surface area contributed by atoms with Gasteiger partial charge in [-0.05, 0) is 18.9 Å². The quantitative estimate of drug-likeness (QED) is 0.604. The van der Waals surface area contributed by atoms with Crippen molar-refractivity contribution in [2.24, 2.45) is 5.92 Å². The minimum Gasteiger partial charge on any atom is -0.299 e. The lowest BCUT2D eigenvalue weighted by atomic mass is 9.88. The van der Waals surface area contributed by atoms with Gasteiger partial charge in [-0.25, -0.2) is 0 Å². The van der Waals surface area contributed by atoms with Crippen LogP contribution in [0.15, 0.2) is 60.7 Å². The van der Waals surface area contributed by atoms with Crippen molar-refractivity contribution in [3.05, 3.63) is 71.8 Å². The second kappa shape index (κ2) is 6.10. The summed E-state index contributed by atoms with van der Waals surface area (Å²) in [4.78, 5) is 24.1.